The normalized spacial score (nSPS) is 13.3. The standard InChI is InChI=1S/C15H10FN3O2.C5H9NO3/c16-12-7-2-1-6-11(12)15-18-14(19-21-15)10-5-3-4-9(8-10)13(17)20;7-5(8)6-1-3-9-4-2-6/h1-8H,(H2,17,20);1-4H2,(H,7,8). The molecule has 0 saturated carbocycles. The van der Waals surface area contributed by atoms with Crippen LogP contribution in [0.2, 0.25) is 0 Å². The second-order valence-corrected chi connectivity index (χ2v) is 6.23. The van der Waals surface area contributed by atoms with Crippen molar-refractivity contribution in [1.29, 1.82) is 0 Å². The molecule has 0 radical (unpaired) electrons. The van der Waals surface area contributed by atoms with E-state index in [1.54, 1.807) is 42.5 Å². The van der Waals surface area contributed by atoms with Crippen LogP contribution in [-0.2, 0) is 4.74 Å². The highest BCUT2D eigenvalue weighted by molar-refractivity contribution is 5.93. The number of ether oxygens (including phenoxy) is 1. The highest BCUT2D eigenvalue weighted by Gasteiger charge is 2.15. The van der Waals surface area contributed by atoms with Crippen molar-refractivity contribution in [3.05, 3.63) is 59.9 Å². The number of nitrogens with two attached hydrogens (primary N) is 1. The van der Waals surface area contributed by atoms with Gasteiger partial charge in [0.25, 0.3) is 5.89 Å². The Balaban J connectivity index is 0.000000239. The van der Waals surface area contributed by atoms with E-state index in [1.165, 1.54) is 11.0 Å². The molecule has 1 saturated heterocycles. The molecule has 4 rings (SSSR count). The molecule has 2 heterocycles. The predicted octanol–water partition coefficient (Wildman–Crippen LogP) is 2.64. The minimum atomic E-state index is -0.849. The number of nitrogens with zero attached hydrogens (tertiary/aromatic N) is 3. The van der Waals surface area contributed by atoms with Gasteiger partial charge < -0.3 is 25.0 Å². The number of carboxylic acid groups (broad SMARTS) is 1. The van der Waals surface area contributed by atoms with Crippen LogP contribution in [0.1, 0.15) is 10.4 Å². The SMILES string of the molecule is NC(=O)c1cccc(-c2noc(-c3ccccc3F)n2)c1.O=C(O)N1CCOCC1. The molecule has 0 aliphatic carbocycles. The summed E-state index contributed by atoms with van der Waals surface area (Å²) in [6, 6.07) is 12.6. The molecule has 9 nitrogen and oxygen atoms in total. The Kier molecular flexibility index (Phi) is 6.71. The van der Waals surface area contributed by atoms with E-state index in [-0.39, 0.29) is 17.3 Å². The summed E-state index contributed by atoms with van der Waals surface area (Å²) in [7, 11) is 0. The fourth-order valence-corrected chi connectivity index (χ4v) is 2.65. The average molecular weight is 414 g/mol. The fourth-order valence-electron chi connectivity index (χ4n) is 2.65. The van der Waals surface area contributed by atoms with E-state index in [0.717, 1.165) is 0 Å². The van der Waals surface area contributed by atoms with Crippen molar-refractivity contribution >= 4 is 12.0 Å². The van der Waals surface area contributed by atoms with E-state index in [4.69, 9.17) is 20.1 Å². The lowest BCUT2D eigenvalue weighted by atomic mass is 10.1. The molecule has 0 atom stereocenters. The van der Waals surface area contributed by atoms with Crippen molar-refractivity contribution in [3.63, 3.8) is 0 Å². The number of rotatable bonds is 3. The molecule has 3 N–H and O–H groups in total. The van der Waals surface area contributed by atoms with E-state index < -0.39 is 17.8 Å². The van der Waals surface area contributed by atoms with Crippen LogP contribution >= 0.6 is 0 Å². The van der Waals surface area contributed by atoms with Crippen LogP contribution < -0.4 is 5.73 Å². The van der Waals surface area contributed by atoms with Crippen LogP contribution in [-0.4, -0.2) is 58.5 Å². The van der Waals surface area contributed by atoms with Gasteiger partial charge in [-0.15, -0.1) is 0 Å². The number of benzene rings is 2. The molecule has 0 bridgehead atoms. The molecule has 156 valence electrons. The van der Waals surface area contributed by atoms with Gasteiger partial charge in [-0.25, -0.2) is 9.18 Å². The first-order valence-corrected chi connectivity index (χ1v) is 9.00. The Hall–Kier alpha value is -3.79. The van der Waals surface area contributed by atoms with Crippen LogP contribution in [0.5, 0.6) is 0 Å². The van der Waals surface area contributed by atoms with Gasteiger partial charge in [0, 0.05) is 24.2 Å². The molecule has 1 aliphatic rings. The zero-order valence-corrected chi connectivity index (χ0v) is 15.8. The van der Waals surface area contributed by atoms with Gasteiger partial charge in [-0.05, 0) is 24.3 Å². The van der Waals surface area contributed by atoms with Crippen molar-refractivity contribution < 1.29 is 28.3 Å². The van der Waals surface area contributed by atoms with Crippen molar-refractivity contribution in [2.75, 3.05) is 26.3 Å². The fraction of sp³-hybridized carbons (Fsp3) is 0.200. The van der Waals surface area contributed by atoms with Crippen LogP contribution in [0.15, 0.2) is 53.1 Å². The van der Waals surface area contributed by atoms with Crippen molar-refractivity contribution in [2.45, 2.75) is 0 Å². The third-order valence-corrected chi connectivity index (χ3v) is 4.22. The molecule has 3 aromatic rings. The number of carbonyl (C=O) groups excluding carboxylic acids is 1. The Morgan fingerprint density at radius 3 is 2.47 bits per heavy atom. The molecule has 2 amide bonds. The summed E-state index contributed by atoms with van der Waals surface area (Å²) in [5.41, 5.74) is 6.35. The van der Waals surface area contributed by atoms with Crippen LogP contribution in [0.4, 0.5) is 9.18 Å². The Bertz CT molecular complexity index is 1030. The van der Waals surface area contributed by atoms with Gasteiger partial charge in [0.05, 0.1) is 18.8 Å². The first-order valence-electron chi connectivity index (χ1n) is 9.00. The van der Waals surface area contributed by atoms with Gasteiger partial charge in [0.1, 0.15) is 5.82 Å². The highest BCUT2D eigenvalue weighted by atomic mass is 19.1. The Morgan fingerprint density at radius 2 is 1.83 bits per heavy atom. The summed E-state index contributed by atoms with van der Waals surface area (Å²) >= 11 is 0. The van der Waals surface area contributed by atoms with Gasteiger partial charge >= 0.3 is 6.09 Å². The lowest BCUT2D eigenvalue weighted by Crippen LogP contribution is -2.39. The van der Waals surface area contributed by atoms with E-state index in [9.17, 15) is 14.0 Å². The molecule has 0 unspecified atom stereocenters. The highest BCUT2D eigenvalue weighted by Crippen LogP contribution is 2.24. The van der Waals surface area contributed by atoms with Crippen molar-refractivity contribution in [3.8, 4) is 22.8 Å². The first kappa shape index (κ1) is 20.9. The van der Waals surface area contributed by atoms with Crippen LogP contribution in [0.25, 0.3) is 22.8 Å². The number of amides is 2. The van der Waals surface area contributed by atoms with Gasteiger partial charge in [0.2, 0.25) is 11.7 Å². The molecule has 30 heavy (non-hydrogen) atoms. The second kappa shape index (κ2) is 9.61. The summed E-state index contributed by atoms with van der Waals surface area (Å²) in [4.78, 5) is 26.9. The quantitative estimate of drug-likeness (QED) is 0.673. The summed E-state index contributed by atoms with van der Waals surface area (Å²) < 4.78 is 23.7. The monoisotopic (exact) mass is 414 g/mol. The molecule has 0 spiro atoms. The maximum atomic E-state index is 13.7. The topological polar surface area (TPSA) is 132 Å². The van der Waals surface area contributed by atoms with Crippen LogP contribution in [0.3, 0.4) is 0 Å². The Morgan fingerprint density at radius 1 is 1.10 bits per heavy atom. The van der Waals surface area contributed by atoms with Gasteiger partial charge in [-0.2, -0.15) is 4.98 Å². The van der Waals surface area contributed by atoms with Crippen molar-refractivity contribution in [1.82, 2.24) is 15.0 Å². The molecule has 10 heteroatoms. The minimum Gasteiger partial charge on any atom is -0.465 e. The lowest BCUT2D eigenvalue weighted by Gasteiger charge is -2.23. The number of hydrogen-bond acceptors (Lipinski definition) is 6. The molecule has 1 aliphatic heterocycles. The number of morpholine rings is 1. The molecule has 1 aromatic heterocycles. The predicted molar refractivity (Wildman–Crippen MR) is 104 cm³/mol. The summed E-state index contributed by atoms with van der Waals surface area (Å²) in [5.74, 6) is -0.655. The Labute approximate surface area is 170 Å². The minimum absolute atomic E-state index is 0.0765. The zero-order chi connectivity index (χ0) is 21.5. The van der Waals surface area contributed by atoms with E-state index in [2.05, 4.69) is 10.1 Å². The maximum Gasteiger partial charge on any atom is 0.407 e. The van der Waals surface area contributed by atoms with E-state index in [1.807, 2.05) is 0 Å². The summed E-state index contributed by atoms with van der Waals surface area (Å²) in [6.07, 6.45) is -0.849. The maximum absolute atomic E-state index is 13.7. The van der Waals surface area contributed by atoms with Crippen LogP contribution in [0, 0.1) is 5.82 Å². The van der Waals surface area contributed by atoms with Gasteiger partial charge in [-0.3, -0.25) is 4.79 Å². The molecule has 2 aromatic carbocycles. The number of primary amides is 1. The zero-order valence-electron chi connectivity index (χ0n) is 15.8. The summed E-state index contributed by atoms with van der Waals surface area (Å²) in [6.45, 7) is 2.09. The van der Waals surface area contributed by atoms with E-state index in [0.29, 0.717) is 37.4 Å². The van der Waals surface area contributed by atoms with Gasteiger partial charge in [-0.1, -0.05) is 29.4 Å². The van der Waals surface area contributed by atoms with Gasteiger partial charge in [0.15, 0.2) is 0 Å². The van der Waals surface area contributed by atoms with E-state index >= 15 is 0 Å². The molecular formula is C20H19FN4O5. The average Bonchev–Trinajstić information content (AvgIpc) is 3.25. The summed E-state index contributed by atoms with van der Waals surface area (Å²) in [5, 5.41) is 12.2. The number of halogens is 1. The smallest absolute Gasteiger partial charge is 0.407 e. The number of aromatic nitrogens is 2. The largest absolute Gasteiger partial charge is 0.465 e. The molecule has 1 fully saturated rings. The lowest BCUT2D eigenvalue weighted by molar-refractivity contribution is 0.0392. The third kappa shape index (κ3) is 5.17. The number of hydrogen-bond donors (Lipinski definition) is 2. The number of carbonyl (C=O) groups is 2. The third-order valence-electron chi connectivity index (χ3n) is 4.22. The van der Waals surface area contributed by atoms with Crippen molar-refractivity contribution in [2.24, 2.45) is 5.73 Å². The second-order valence-electron chi connectivity index (χ2n) is 6.23. The molecular weight excluding hydrogens is 395 g/mol. The first-order chi connectivity index (χ1) is 14.5.